The van der Waals surface area contributed by atoms with Crippen LogP contribution in [0.3, 0.4) is 0 Å². The van der Waals surface area contributed by atoms with Crippen LogP contribution >= 0.6 is 0 Å². The van der Waals surface area contributed by atoms with Crippen molar-refractivity contribution in [3.05, 3.63) is 65.6 Å². The van der Waals surface area contributed by atoms with Gasteiger partial charge in [0.05, 0.1) is 12.2 Å². The highest BCUT2D eigenvalue weighted by molar-refractivity contribution is 6.36. The van der Waals surface area contributed by atoms with Crippen LogP contribution in [-0.2, 0) is 9.59 Å². The third-order valence-corrected chi connectivity index (χ3v) is 4.20. The summed E-state index contributed by atoms with van der Waals surface area (Å²) in [5, 5.41) is 3.06. The fourth-order valence-corrected chi connectivity index (χ4v) is 2.96. The molecule has 0 saturated heterocycles. The summed E-state index contributed by atoms with van der Waals surface area (Å²) in [4.78, 5) is 26.9. The van der Waals surface area contributed by atoms with Gasteiger partial charge in [0.1, 0.15) is 17.3 Å². The molecule has 1 aliphatic heterocycles. The molecule has 2 aromatic carbocycles. The van der Waals surface area contributed by atoms with E-state index in [9.17, 15) is 14.0 Å². The van der Waals surface area contributed by atoms with E-state index in [4.69, 9.17) is 4.74 Å². The molecule has 2 aromatic rings. The van der Waals surface area contributed by atoms with Crippen LogP contribution in [0.4, 0.5) is 10.1 Å². The van der Waals surface area contributed by atoms with Crippen molar-refractivity contribution in [1.29, 1.82) is 0 Å². The number of hydrogen-bond donors (Lipinski definition) is 1. The maximum absolute atomic E-state index is 13.3. The van der Waals surface area contributed by atoms with Crippen LogP contribution < -0.4 is 10.1 Å². The average Bonchev–Trinajstić information content (AvgIpc) is 2.88. The Morgan fingerprint density at radius 2 is 1.63 bits per heavy atom. The van der Waals surface area contributed by atoms with Crippen LogP contribution in [0.5, 0.6) is 5.75 Å². The minimum absolute atomic E-state index is 0.185. The third kappa shape index (κ3) is 3.69. The van der Waals surface area contributed by atoms with Gasteiger partial charge in [-0.15, -0.1) is 0 Å². The van der Waals surface area contributed by atoms with E-state index in [0.29, 0.717) is 23.6 Å². The summed E-state index contributed by atoms with van der Waals surface area (Å²) in [5.41, 5.74) is 1.57. The molecule has 0 fully saturated rings. The Hall–Kier alpha value is -3.15. The van der Waals surface area contributed by atoms with Crippen molar-refractivity contribution in [2.45, 2.75) is 26.8 Å². The highest BCUT2D eigenvalue weighted by Crippen LogP contribution is 2.32. The lowest BCUT2D eigenvalue weighted by Crippen LogP contribution is -2.38. The number of benzene rings is 2. The molecule has 0 spiro atoms. The van der Waals surface area contributed by atoms with Gasteiger partial charge in [-0.05, 0) is 62.7 Å². The largest absolute Gasteiger partial charge is 0.494 e. The zero-order chi connectivity index (χ0) is 19.6. The number of anilines is 1. The molecule has 0 aliphatic carbocycles. The van der Waals surface area contributed by atoms with Crippen LogP contribution in [0, 0.1) is 5.82 Å². The second kappa shape index (κ2) is 7.61. The van der Waals surface area contributed by atoms with E-state index in [1.165, 1.54) is 29.2 Å². The Morgan fingerprint density at radius 3 is 2.19 bits per heavy atom. The van der Waals surface area contributed by atoms with Crippen LogP contribution in [0.25, 0.3) is 5.57 Å². The lowest BCUT2D eigenvalue weighted by atomic mass is 10.0. The van der Waals surface area contributed by atoms with Gasteiger partial charge in [0.25, 0.3) is 11.8 Å². The predicted molar refractivity (Wildman–Crippen MR) is 102 cm³/mol. The van der Waals surface area contributed by atoms with Crippen molar-refractivity contribution >= 4 is 23.1 Å². The van der Waals surface area contributed by atoms with Gasteiger partial charge in [-0.1, -0.05) is 12.1 Å². The van der Waals surface area contributed by atoms with Crippen LogP contribution in [-0.4, -0.2) is 29.4 Å². The zero-order valence-corrected chi connectivity index (χ0v) is 15.5. The first-order chi connectivity index (χ1) is 12.9. The van der Waals surface area contributed by atoms with Gasteiger partial charge in [0.2, 0.25) is 0 Å². The Kier molecular flexibility index (Phi) is 5.26. The normalized spacial score (nSPS) is 14.3. The van der Waals surface area contributed by atoms with Gasteiger partial charge in [-0.2, -0.15) is 0 Å². The van der Waals surface area contributed by atoms with Crippen LogP contribution in [0.1, 0.15) is 26.3 Å². The number of carbonyl (C=O) groups is 2. The van der Waals surface area contributed by atoms with Gasteiger partial charge in [0.15, 0.2) is 0 Å². The molecule has 6 heteroatoms. The summed E-state index contributed by atoms with van der Waals surface area (Å²) in [6.07, 6.45) is 0. The quantitative estimate of drug-likeness (QED) is 0.788. The van der Waals surface area contributed by atoms with E-state index >= 15 is 0 Å². The topological polar surface area (TPSA) is 58.6 Å². The van der Waals surface area contributed by atoms with Crippen molar-refractivity contribution in [1.82, 2.24) is 4.90 Å². The summed E-state index contributed by atoms with van der Waals surface area (Å²) in [6, 6.07) is 12.4. The highest BCUT2D eigenvalue weighted by Gasteiger charge is 2.40. The Bertz CT molecular complexity index is 887. The first-order valence-corrected chi connectivity index (χ1v) is 8.80. The molecule has 0 bridgehead atoms. The van der Waals surface area contributed by atoms with Gasteiger partial charge < -0.3 is 10.1 Å². The average molecular weight is 368 g/mol. The molecule has 27 heavy (non-hydrogen) atoms. The summed E-state index contributed by atoms with van der Waals surface area (Å²) in [6.45, 7) is 6.01. The smallest absolute Gasteiger partial charge is 0.278 e. The van der Waals surface area contributed by atoms with Crippen molar-refractivity contribution in [2.75, 3.05) is 11.9 Å². The minimum atomic E-state index is -0.405. The molecule has 3 rings (SSSR count). The van der Waals surface area contributed by atoms with Crippen molar-refractivity contribution in [3.8, 4) is 5.75 Å². The SMILES string of the molecule is CCOc1ccc(NC2=C(c3ccc(F)cc3)C(=O)N(C(C)C)C2=O)cc1. The zero-order valence-electron chi connectivity index (χ0n) is 15.5. The maximum Gasteiger partial charge on any atom is 0.278 e. The molecule has 0 unspecified atom stereocenters. The molecule has 0 atom stereocenters. The number of hydrogen-bond acceptors (Lipinski definition) is 4. The molecule has 0 radical (unpaired) electrons. The Balaban J connectivity index is 2.01. The maximum atomic E-state index is 13.3. The summed E-state index contributed by atoms with van der Waals surface area (Å²) < 4.78 is 18.7. The summed E-state index contributed by atoms with van der Waals surface area (Å²) in [5.74, 6) is -0.482. The fourth-order valence-electron chi connectivity index (χ4n) is 2.96. The fraction of sp³-hybridized carbons (Fsp3) is 0.238. The predicted octanol–water partition coefficient (Wildman–Crippen LogP) is 3.82. The number of halogens is 1. The molecule has 1 aliphatic rings. The number of carbonyl (C=O) groups excluding carboxylic acids is 2. The van der Waals surface area contributed by atoms with E-state index in [0.717, 1.165) is 0 Å². The molecule has 0 aromatic heterocycles. The number of amides is 2. The molecular formula is C21H21FN2O3. The molecule has 0 saturated carbocycles. The number of imide groups is 1. The second-order valence-electron chi connectivity index (χ2n) is 6.41. The number of rotatable bonds is 6. The molecule has 1 N–H and O–H groups in total. The number of nitrogens with one attached hydrogen (secondary N) is 1. The lowest BCUT2D eigenvalue weighted by Gasteiger charge is -2.19. The molecule has 140 valence electrons. The van der Waals surface area contributed by atoms with Gasteiger partial charge >= 0.3 is 0 Å². The van der Waals surface area contributed by atoms with Crippen LogP contribution in [0.15, 0.2) is 54.2 Å². The third-order valence-electron chi connectivity index (χ3n) is 4.20. The highest BCUT2D eigenvalue weighted by atomic mass is 19.1. The first-order valence-electron chi connectivity index (χ1n) is 8.80. The second-order valence-corrected chi connectivity index (χ2v) is 6.41. The van der Waals surface area contributed by atoms with Crippen molar-refractivity contribution in [2.24, 2.45) is 0 Å². The Morgan fingerprint density at radius 1 is 1.00 bits per heavy atom. The summed E-state index contributed by atoms with van der Waals surface area (Å²) in [7, 11) is 0. The molecule has 5 nitrogen and oxygen atoms in total. The lowest BCUT2D eigenvalue weighted by molar-refractivity contribution is -0.138. The van der Waals surface area contributed by atoms with Gasteiger partial charge in [-0.3, -0.25) is 14.5 Å². The first kappa shape index (κ1) is 18.6. The van der Waals surface area contributed by atoms with E-state index in [1.807, 2.05) is 6.92 Å². The Labute approximate surface area is 157 Å². The summed E-state index contributed by atoms with van der Waals surface area (Å²) >= 11 is 0. The molecule has 2 amide bonds. The minimum Gasteiger partial charge on any atom is -0.494 e. The standard InChI is InChI=1S/C21H21FN2O3/c1-4-27-17-11-9-16(10-12-17)23-19-18(14-5-7-15(22)8-6-14)20(25)24(13(2)3)21(19)26/h5-13,23H,4H2,1-3H3. The molecule has 1 heterocycles. The van der Waals surface area contributed by atoms with E-state index in [1.54, 1.807) is 38.1 Å². The van der Waals surface area contributed by atoms with E-state index in [-0.39, 0.29) is 17.3 Å². The van der Waals surface area contributed by atoms with Crippen molar-refractivity contribution in [3.63, 3.8) is 0 Å². The van der Waals surface area contributed by atoms with Gasteiger partial charge in [-0.25, -0.2) is 4.39 Å². The monoisotopic (exact) mass is 368 g/mol. The van der Waals surface area contributed by atoms with Gasteiger partial charge in [0, 0.05) is 11.7 Å². The van der Waals surface area contributed by atoms with Crippen molar-refractivity contribution < 1.29 is 18.7 Å². The van der Waals surface area contributed by atoms with Crippen LogP contribution in [0.2, 0.25) is 0 Å². The molecular weight excluding hydrogens is 347 g/mol. The number of nitrogens with zero attached hydrogens (tertiary/aromatic N) is 1. The van der Waals surface area contributed by atoms with E-state index in [2.05, 4.69) is 5.32 Å². The number of ether oxygens (including phenoxy) is 1. The van der Waals surface area contributed by atoms with E-state index < -0.39 is 17.6 Å².